The molecule has 1 aliphatic rings. The van der Waals surface area contributed by atoms with Gasteiger partial charge < -0.3 is 5.32 Å². The minimum absolute atomic E-state index is 0.650. The third kappa shape index (κ3) is 4.03. The monoisotopic (exact) mass is 295 g/mol. The molecule has 2 heterocycles. The Kier molecular flexibility index (Phi) is 6.00. The molecule has 0 radical (unpaired) electrons. The number of hydrogen-bond acceptors (Lipinski definition) is 4. The van der Waals surface area contributed by atoms with E-state index in [1.165, 1.54) is 30.8 Å². The third-order valence-electron chi connectivity index (χ3n) is 4.48. The minimum atomic E-state index is 0.650. The molecule has 0 aromatic carbocycles. The van der Waals surface area contributed by atoms with E-state index in [1.807, 2.05) is 0 Å². The van der Waals surface area contributed by atoms with E-state index in [1.54, 1.807) is 11.3 Å². The van der Waals surface area contributed by atoms with Crippen LogP contribution in [0.5, 0.6) is 0 Å². The van der Waals surface area contributed by atoms with E-state index in [9.17, 15) is 0 Å². The van der Waals surface area contributed by atoms with Gasteiger partial charge in [0.2, 0.25) is 0 Å². The van der Waals surface area contributed by atoms with E-state index in [0.29, 0.717) is 12.1 Å². The van der Waals surface area contributed by atoms with Crippen molar-refractivity contribution in [3.63, 3.8) is 0 Å². The Morgan fingerprint density at radius 1 is 1.50 bits per heavy atom. The molecule has 1 aromatic heterocycles. The van der Waals surface area contributed by atoms with Crippen LogP contribution >= 0.6 is 11.3 Å². The number of hydrogen-bond donors (Lipinski definition) is 1. The largest absolute Gasteiger partial charge is 0.311 e. The number of thiazole rings is 1. The van der Waals surface area contributed by atoms with Crippen molar-refractivity contribution in [3.05, 3.63) is 16.1 Å². The van der Waals surface area contributed by atoms with Crippen LogP contribution in [0.3, 0.4) is 0 Å². The van der Waals surface area contributed by atoms with Crippen LogP contribution in [-0.4, -0.2) is 35.1 Å². The number of nitrogens with one attached hydrogen (secondary N) is 1. The van der Waals surface area contributed by atoms with Gasteiger partial charge in [-0.2, -0.15) is 0 Å². The Bertz CT molecular complexity index is 404. The van der Waals surface area contributed by atoms with Crippen molar-refractivity contribution < 1.29 is 0 Å². The number of nitrogens with zero attached hydrogens (tertiary/aromatic N) is 2. The summed E-state index contributed by atoms with van der Waals surface area (Å²) in [5.41, 5.74) is 1.16. The molecule has 4 heteroatoms. The molecular formula is C16H29N3S. The van der Waals surface area contributed by atoms with Gasteiger partial charge in [0.1, 0.15) is 5.01 Å². The SMILES string of the molecule is CCCC1CN(Cc2nc(C)cs2)C(C(C)CC)CN1. The van der Waals surface area contributed by atoms with Crippen LogP contribution in [0, 0.1) is 12.8 Å². The van der Waals surface area contributed by atoms with Crippen LogP contribution in [0.25, 0.3) is 0 Å². The van der Waals surface area contributed by atoms with E-state index in [0.717, 1.165) is 24.7 Å². The van der Waals surface area contributed by atoms with Gasteiger partial charge in [-0.3, -0.25) is 4.90 Å². The highest BCUT2D eigenvalue weighted by molar-refractivity contribution is 7.09. The fourth-order valence-corrected chi connectivity index (χ4v) is 3.90. The normalized spacial score (nSPS) is 25.8. The first kappa shape index (κ1) is 15.9. The molecule has 20 heavy (non-hydrogen) atoms. The average molecular weight is 295 g/mol. The maximum atomic E-state index is 4.65. The van der Waals surface area contributed by atoms with E-state index >= 15 is 0 Å². The molecule has 114 valence electrons. The highest BCUT2D eigenvalue weighted by atomic mass is 32.1. The lowest BCUT2D eigenvalue weighted by Crippen LogP contribution is -2.58. The van der Waals surface area contributed by atoms with Gasteiger partial charge in [-0.25, -0.2) is 4.98 Å². The predicted molar refractivity (Wildman–Crippen MR) is 87.2 cm³/mol. The number of piperazine rings is 1. The second-order valence-electron chi connectivity index (χ2n) is 6.16. The van der Waals surface area contributed by atoms with E-state index < -0.39 is 0 Å². The van der Waals surface area contributed by atoms with Gasteiger partial charge in [-0.05, 0) is 19.3 Å². The Balaban J connectivity index is 2.04. The lowest BCUT2D eigenvalue weighted by atomic mass is 9.93. The smallest absolute Gasteiger partial charge is 0.107 e. The van der Waals surface area contributed by atoms with Crippen molar-refractivity contribution >= 4 is 11.3 Å². The van der Waals surface area contributed by atoms with Crippen molar-refractivity contribution in [1.29, 1.82) is 0 Å². The summed E-state index contributed by atoms with van der Waals surface area (Å²) in [5, 5.41) is 7.18. The number of rotatable bonds is 6. The van der Waals surface area contributed by atoms with Gasteiger partial charge in [-0.15, -0.1) is 11.3 Å². The van der Waals surface area contributed by atoms with Crippen LogP contribution in [0.15, 0.2) is 5.38 Å². The summed E-state index contributed by atoms with van der Waals surface area (Å²) in [6.45, 7) is 12.4. The Morgan fingerprint density at radius 2 is 2.30 bits per heavy atom. The molecule has 0 amide bonds. The molecule has 3 nitrogen and oxygen atoms in total. The van der Waals surface area contributed by atoms with Crippen LogP contribution in [0.1, 0.15) is 50.7 Å². The van der Waals surface area contributed by atoms with Crippen molar-refractivity contribution in [1.82, 2.24) is 15.2 Å². The van der Waals surface area contributed by atoms with E-state index in [4.69, 9.17) is 0 Å². The topological polar surface area (TPSA) is 28.2 Å². The number of aryl methyl sites for hydroxylation is 1. The van der Waals surface area contributed by atoms with E-state index in [2.05, 4.69) is 48.3 Å². The van der Waals surface area contributed by atoms with Crippen LogP contribution < -0.4 is 5.32 Å². The van der Waals surface area contributed by atoms with Gasteiger partial charge in [-0.1, -0.05) is 33.6 Å². The fourth-order valence-electron chi connectivity index (χ4n) is 3.11. The fraction of sp³-hybridized carbons (Fsp3) is 0.812. The Morgan fingerprint density at radius 3 is 2.90 bits per heavy atom. The molecule has 2 rings (SSSR count). The highest BCUT2D eigenvalue weighted by Crippen LogP contribution is 2.23. The van der Waals surface area contributed by atoms with Crippen molar-refractivity contribution in [2.45, 2.75) is 65.6 Å². The summed E-state index contributed by atoms with van der Waals surface area (Å²) < 4.78 is 0. The molecule has 1 aromatic rings. The summed E-state index contributed by atoms with van der Waals surface area (Å²) in [5.74, 6) is 0.742. The molecule has 0 saturated carbocycles. The van der Waals surface area contributed by atoms with Gasteiger partial charge in [0.15, 0.2) is 0 Å². The zero-order valence-corrected chi connectivity index (χ0v) is 14.2. The summed E-state index contributed by atoms with van der Waals surface area (Å²) in [7, 11) is 0. The Hall–Kier alpha value is -0.450. The molecule has 0 aliphatic carbocycles. The first-order chi connectivity index (χ1) is 9.63. The maximum absolute atomic E-state index is 4.65. The predicted octanol–water partition coefficient (Wildman–Crippen LogP) is 3.44. The van der Waals surface area contributed by atoms with Gasteiger partial charge >= 0.3 is 0 Å². The molecular weight excluding hydrogens is 266 g/mol. The minimum Gasteiger partial charge on any atom is -0.311 e. The molecule has 3 unspecified atom stereocenters. The van der Waals surface area contributed by atoms with Crippen LogP contribution in [-0.2, 0) is 6.54 Å². The molecule has 3 atom stereocenters. The summed E-state index contributed by atoms with van der Waals surface area (Å²) in [6.07, 6.45) is 3.79. The first-order valence-electron chi connectivity index (χ1n) is 8.02. The van der Waals surface area contributed by atoms with Gasteiger partial charge in [0.25, 0.3) is 0 Å². The molecule has 0 spiro atoms. The molecule has 1 fully saturated rings. The zero-order chi connectivity index (χ0) is 14.5. The summed E-state index contributed by atoms with van der Waals surface area (Å²) >= 11 is 1.81. The first-order valence-corrected chi connectivity index (χ1v) is 8.90. The highest BCUT2D eigenvalue weighted by Gasteiger charge is 2.30. The molecule has 1 aliphatic heterocycles. The lowest BCUT2D eigenvalue weighted by Gasteiger charge is -2.42. The van der Waals surface area contributed by atoms with Crippen molar-refractivity contribution in [2.75, 3.05) is 13.1 Å². The number of aromatic nitrogens is 1. The van der Waals surface area contributed by atoms with Crippen LogP contribution in [0.2, 0.25) is 0 Å². The standard InChI is InChI=1S/C16H29N3S/c1-5-7-14-9-19(10-16-18-13(4)11-20-16)15(8-17-14)12(3)6-2/h11-12,14-15,17H,5-10H2,1-4H3. The third-order valence-corrected chi connectivity index (χ3v) is 5.43. The molecule has 0 bridgehead atoms. The lowest BCUT2D eigenvalue weighted by molar-refractivity contribution is 0.0817. The zero-order valence-electron chi connectivity index (χ0n) is 13.4. The van der Waals surface area contributed by atoms with E-state index in [-0.39, 0.29) is 0 Å². The van der Waals surface area contributed by atoms with Crippen LogP contribution in [0.4, 0.5) is 0 Å². The molecule has 1 N–H and O–H groups in total. The molecule has 1 saturated heterocycles. The summed E-state index contributed by atoms with van der Waals surface area (Å²) in [4.78, 5) is 7.32. The summed E-state index contributed by atoms with van der Waals surface area (Å²) in [6, 6.07) is 1.30. The van der Waals surface area contributed by atoms with Gasteiger partial charge in [0.05, 0.1) is 6.54 Å². The van der Waals surface area contributed by atoms with Gasteiger partial charge in [0, 0.05) is 36.2 Å². The second kappa shape index (κ2) is 7.53. The quantitative estimate of drug-likeness (QED) is 0.871. The second-order valence-corrected chi connectivity index (χ2v) is 7.10. The van der Waals surface area contributed by atoms with Crippen molar-refractivity contribution in [2.24, 2.45) is 5.92 Å². The maximum Gasteiger partial charge on any atom is 0.107 e. The van der Waals surface area contributed by atoms with Crippen molar-refractivity contribution in [3.8, 4) is 0 Å². The Labute approximate surface area is 127 Å². The average Bonchev–Trinajstić information content (AvgIpc) is 2.84.